The quantitative estimate of drug-likeness (QED) is 0.809. The third-order valence-corrected chi connectivity index (χ3v) is 3.82. The lowest BCUT2D eigenvalue weighted by Gasteiger charge is -2.38. The van der Waals surface area contributed by atoms with Crippen LogP contribution >= 0.6 is 11.6 Å². The molecule has 0 aliphatic carbocycles. The van der Waals surface area contributed by atoms with Crippen LogP contribution in [-0.4, -0.2) is 46.0 Å². The van der Waals surface area contributed by atoms with Crippen molar-refractivity contribution >= 4 is 23.6 Å². The summed E-state index contributed by atoms with van der Waals surface area (Å²) >= 11 is 5.97. The maximum Gasteiger partial charge on any atom is 0.246 e. The van der Waals surface area contributed by atoms with E-state index in [1.165, 1.54) is 6.08 Å². The van der Waals surface area contributed by atoms with E-state index < -0.39 is 0 Å². The van der Waals surface area contributed by atoms with Gasteiger partial charge < -0.3 is 9.64 Å². The van der Waals surface area contributed by atoms with Crippen LogP contribution in [0.2, 0.25) is 5.02 Å². The maximum atomic E-state index is 12.1. The average Bonchev–Trinajstić information content (AvgIpc) is 2.97. The first kappa shape index (κ1) is 14.6. The highest BCUT2D eigenvalue weighted by Gasteiger charge is 2.31. The number of methoxy groups -OCH3 is 1. The third kappa shape index (κ3) is 2.96. The minimum Gasteiger partial charge on any atom is -0.496 e. The summed E-state index contributed by atoms with van der Waals surface area (Å²) in [4.78, 5) is 13.9. The van der Waals surface area contributed by atoms with E-state index in [9.17, 15) is 4.79 Å². The summed E-state index contributed by atoms with van der Waals surface area (Å²) < 4.78 is 7.02. The molecule has 1 aromatic heterocycles. The number of aromatic nitrogens is 3. The molecule has 0 unspecified atom stereocenters. The number of halogens is 1. The number of carbonyl (C=O) groups excluding carboxylic acids is 1. The van der Waals surface area contributed by atoms with Crippen molar-refractivity contribution in [3.8, 4) is 5.75 Å². The van der Waals surface area contributed by atoms with Gasteiger partial charge in [-0.3, -0.25) is 4.79 Å². The number of rotatable bonds is 4. The Bertz CT molecular complexity index is 694. The highest BCUT2D eigenvalue weighted by atomic mass is 35.5. The molecule has 1 aliphatic heterocycles. The van der Waals surface area contributed by atoms with Crippen molar-refractivity contribution in [3.63, 3.8) is 0 Å². The van der Waals surface area contributed by atoms with Gasteiger partial charge in [0.05, 0.1) is 19.3 Å². The summed E-state index contributed by atoms with van der Waals surface area (Å²) in [6, 6.07) is 5.49. The lowest BCUT2D eigenvalue weighted by molar-refractivity contribution is -0.131. The Hall–Kier alpha value is -2.34. The Morgan fingerprint density at radius 1 is 1.45 bits per heavy atom. The number of carbonyl (C=O) groups is 1. The van der Waals surface area contributed by atoms with Crippen LogP contribution in [0.1, 0.15) is 11.6 Å². The molecule has 22 heavy (non-hydrogen) atoms. The van der Waals surface area contributed by atoms with Gasteiger partial charge in [0.15, 0.2) is 0 Å². The van der Waals surface area contributed by atoms with Crippen LogP contribution in [0.5, 0.6) is 5.75 Å². The fraction of sp³-hybridized carbons (Fsp3) is 0.267. The molecule has 1 aromatic carbocycles. The summed E-state index contributed by atoms with van der Waals surface area (Å²) in [7, 11) is 1.58. The predicted molar refractivity (Wildman–Crippen MR) is 82.7 cm³/mol. The van der Waals surface area contributed by atoms with Gasteiger partial charge in [0, 0.05) is 35.9 Å². The Morgan fingerprint density at radius 3 is 2.95 bits per heavy atom. The summed E-state index contributed by atoms with van der Waals surface area (Å²) in [5.41, 5.74) is 0.775. The van der Waals surface area contributed by atoms with Gasteiger partial charge in [0.1, 0.15) is 5.75 Å². The fourth-order valence-electron chi connectivity index (χ4n) is 2.32. The summed E-state index contributed by atoms with van der Waals surface area (Å²) in [5.74, 6) is 0.635. The van der Waals surface area contributed by atoms with Crippen LogP contribution in [0.15, 0.2) is 36.7 Å². The Labute approximate surface area is 132 Å². The van der Waals surface area contributed by atoms with E-state index in [4.69, 9.17) is 16.3 Å². The van der Waals surface area contributed by atoms with Gasteiger partial charge in [-0.1, -0.05) is 16.8 Å². The minimum atomic E-state index is -0.0432. The molecule has 1 aliphatic rings. The molecule has 114 valence electrons. The van der Waals surface area contributed by atoms with Crippen LogP contribution < -0.4 is 4.74 Å². The van der Waals surface area contributed by atoms with Gasteiger partial charge in [-0.25, -0.2) is 4.68 Å². The number of hydrogen-bond acceptors (Lipinski definition) is 4. The van der Waals surface area contributed by atoms with Gasteiger partial charge in [-0.2, -0.15) is 0 Å². The average molecular weight is 319 g/mol. The fourth-order valence-corrected chi connectivity index (χ4v) is 2.50. The van der Waals surface area contributed by atoms with Gasteiger partial charge in [-0.05, 0) is 24.3 Å². The Morgan fingerprint density at radius 2 is 2.27 bits per heavy atom. The van der Waals surface area contributed by atoms with E-state index in [0.717, 1.165) is 5.56 Å². The zero-order valence-electron chi connectivity index (χ0n) is 12.0. The molecule has 0 saturated carbocycles. The van der Waals surface area contributed by atoms with Crippen molar-refractivity contribution in [1.29, 1.82) is 0 Å². The van der Waals surface area contributed by atoms with Gasteiger partial charge in [-0.15, -0.1) is 5.10 Å². The van der Waals surface area contributed by atoms with E-state index >= 15 is 0 Å². The second-order valence-corrected chi connectivity index (χ2v) is 5.44. The molecule has 1 amide bonds. The highest BCUT2D eigenvalue weighted by molar-refractivity contribution is 6.30. The van der Waals surface area contributed by atoms with Crippen LogP contribution in [-0.2, 0) is 4.79 Å². The normalized spacial score (nSPS) is 15.1. The van der Waals surface area contributed by atoms with Crippen molar-refractivity contribution in [1.82, 2.24) is 19.9 Å². The first-order valence-electron chi connectivity index (χ1n) is 6.83. The molecule has 2 heterocycles. The Balaban J connectivity index is 1.62. The summed E-state index contributed by atoms with van der Waals surface area (Å²) in [6.07, 6.45) is 6.69. The number of benzene rings is 1. The number of nitrogens with zero attached hydrogens (tertiary/aromatic N) is 4. The lowest BCUT2D eigenvalue weighted by atomic mass is 10.1. The summed E-state index contributed by atoms with van der Waals surface area (Å²) in [5, 5.41) is 8.31. The van der Waals surface area contributed by atoms with Crippen molar-refractivity contribution in [2.75, 3.05) is 20.2 Å². The van der Waals surface area contributed by atoms with Crippen molar-refractivity contribution in [2.24, 2.45) is 0 Å². The van der Waals surface area contributed by atoms with Gasteiger partial charge in [0.2, 0.25) is 5.91 Å². The number of likely N-dealkylation sites (tertiary alicyclic amines) is 1. The topological polar surface area (TPSA) is 60.2 Å². The van der Waals surface area contributed by atoms with E-state index in [2.05, 4.69) is 10.3 Å². The van der Waals surface area contributed by atoms with Crippen LogP contribution in [0.3, 0.4) is 0 Å². The van der Waals surface area contributed by atoms with Crippen molar-refractivity contribution in [2.45, 2.75) is 6.04 Å². The van der Waals surface area contributed by atoms with E-state index in [-0.39, 0.29) is 11.9 Å². The first-order chi connectivity index (χ1) is 10.7. The maximum absolute atomic E-state index is 12.1. The summed E-state index contributed by atoms with van der Waals surface area (Å²) in [6.45, 7) is 1.28. The molecule has 0 bridgehead atoms. The van der Waals surface area contributed by atoms with Crippen LogP contribution in [0.4, 0.5) is 0 Å². The number of ether oxygens (including phenoxy) is 1. The van der Waals surface area contributed by atoms with Gasteiger partial charge in [0.25, 0.3) is 0 Å². The molecule has 3 rings (SSSR count). The molecule has 6 nitrogen and oxygen atoms in total. The van der Waals surface area contributed by atoms with E-state index in [0.29, 0.717) is 23.9 Å². The monoisotopic (exact) mass is 318 g/mol. The van der Waals surface area contributed by atoms with Crippen LogP contribution in [0, 0.1) is 0 Å². The second-order valence-electron chi connectivity index (χ2n) is 5.00. The predicted octanol–water partition coefficient (Wildman–Crippen LogP) is 2.04. The highest BCUT2D eigenvalue weighted by Crippen LogP contribution is 2.25. The van der Waals surface area contributed by atoms with E-state index in [1.807, 2.05) is 0 Å². The molecule has 7 heteroatoms. The molecular weight excluding hydrogens is 304 g/mol. The third-order valence-electron chi connectivity index (χ3n) is 3.59. The van der Waals surface area contributed by atoms with Crippen molar-refractivity contribution in [3.05, 3.63) is 47.3 Å². The van der Waals surface area contributed by atoms with Crippen LogP contribution in [0.25, 0.3) is 6.08 Å². The van der Waals surface area contributed by atoms with E-state index in [1.54, 1.807) is 53.4 Å². The standard InChI is InChI=1S/C15H15ClN4O2/c1-22-14-4-3-12(16)8-11(14)2-5-15(21)19-9-13(10-19)20-7-6-17-18-20/h2-8,13H,9-10H2,1H3/b5-2+. The number of hydrogen-bond donors (Lipinski definition) is 0. The molecule has 2 aromatic rings. The second kappa shape index (κ2) is 6.19. The number of amides is 1. The smallest absolute Gasteiger partial charge is 0.246 e. The molecule has 0 atom stereocenters. The lowest BCUT2D eigenvalue weighted by Crippen LogP contribution is -2.50. The SMILES string of the molecule is COc1ccc(Cl)cc1/C=C/C(=O)N1CC(n2ccnn2)C1. The molecule has 0 spiro atoms. The Kier molecular flexibility index (Phi) is 4.11. The minimum absolute atomic E-state index is 0.0432. The first-order valence-corrected chi connectivity index (χ1v) is 7.21. The molecular formula is C15H15ClN4O2. The molecule has 0 radical (unpaired) electrons. The molecule has 1 fully saturated rings. The van der Waals surface area contributed by atoms with Crippen molar-refractivity contribution < 1.29 is 9.53 Å². The zero-order valence-corrected chi connectivity index (χ0v) is 12.8. The zero-order chi connectivity index (χ0) is 15.5. The molecule has 0 N–H and O–H groups in total. The largest absolute Gasteiger partial charge is 0.496 e. The molecule has 1 saturated heterocycles. The van der Waals surface area contributed by atoms with Gasteiger partial charge >= 0.3 is 0 Å².